The van der Waals surface area contributed by atoms with Crippen LogP contribution in [-0.4, -0.2) is 17.9 Å². The van der Waals surface area contributed by atoms with Crippen LogP contribution in [0.1, 0.15) is 12.7 Å². The van der Waals surface area contributed by atoms with E-state index in [9.17, 15) is 0 Å². The smallest absolute Gasteiger partial charge is 0.186 e. The molecule has 1 aromatic heterocycles. The van der Waals surface area contributed by atoms with E-state index in [1.54, 1.807) is 7.05 Å². The van der Waals surface area contributed by atoms with Crippen molar-refractivity contribution in [3.05, 3.63) is 36.1 Å². The monoisotopic (exact) mass is 247 g/mol. The fraction of sp³-hybridized carbons (Fsp3) is 0.167. The Labute approximate surface area is 105 Å². The van der Waals surface area contributed by atoms with Crippen LogP contribution in [0.15, 0.2) is 39.9 Å². The number of nitrogens with zero attached hydrogens (tertiary/aromatic N) is 1. The maximum absolute atomic E-state index is 5.66. The van der Waals surface area contributed by atoms with E-state index < -0.39 is 0 Å². The average Bonchev–Trinajstić information content (AvgIpc) is 2.79. The van der Waals surface area contributed by atoms with E-state index in [1.807, 2.05) is 37.3 Å². The molecule has 0 spiro atoms. The number of furan rings is 1. The highest BCUT2D eigenvalue weighted by Crippen LogP contribution is 2.19. The third-order valence-corrected chi connectivity index (χ3v) is 2.63. The van der Waals surface area contributed by atoms with Gasteiger partial charge in [-0.3, -0.25) is 5.43 Å². The van der Waals surface area contributed by atoms with Crippen LogP contribution in [0.3, 0.4) is 0 Å². The van der Waals surface area contributed by atoms with Gasteiger partial charge in [0.05, 0.1) is 0 Å². The first-order chi connectivity index (χ1) is 8.20. The molecule has 17 heavy (non-hydrogen) atoms. The Balaban J connectivity index is 2.24. The van der Waals surface area contributed by atoms with Gasteiger partial charge in [0.25, 0.3) is 0 Å². The molecule has 5 heteroatoms. The molecule has 4 nitrogen and oxygen atoms in total. The molecule has 1 aromatic carbocycles. The first kappa shape index (κ1) is 11.6. The van der Waals surface area contributed by atoms with Crippen LogP contribution in [0, 0.1) is 0 Å². The number of thiocarbonyl (C=S) groups is 1. The summed E-state index contributed by atoms with van der Waals surface area (Å²) >= 11 is 4.93. The number of para-hydroxylation sites is 1. The SMILES string of the molecule is CNC(=S)N/N=C(\C)c1cc2ccccc2o1. The van der Waals surface area contributed by atoms with E-state index >= 15 is 0 Å². The van der Waals surface area contributed by atoms with Crippen molar-refractivity contribution in [3.8, 4) is 0 Å². The van der Waals surface area contributed by atoms with Crippen LogP contribution in [0.4, 0.5) is 0 Å². The number of benzene rings is 1. The van der Waals surface area contributed by atoms with E-state index in [-0.39, 0.29) is 0 Å². The predicted octanol–water partition coefficient (Wildman–Crippen LogP) is 2.25. The average molecular weight is 247 g/mol. The third kappa shape index (κ3) is 2.62. The fourth-order valence-corrected chi connectivity index (χ4v) is 1.45. The van der Waals surface area contributed by atoms with Crippen LogP contribution < -0.4 is 10.7 Å². The molecule has 1 heterocycles. The van der Waals surface area contributed by atoms with Gasteiger partial charge in [-0.15, -0.1) is 0 Å². The Kier molecular flexibility index (Phi) is 3.39. The molecule has 2 aromatic rings. The van der Waals surface area contributed by atoms with Crippen molar-refractivity contribution in [3.63, 3.8) is 0 Å². The largest absolute Gasteiger partial charge is 0.455 e. The van der Waals surface area contributed by atoms with Gasteiger partial charge in [0.15, 0.2) is 10.9 Å². The van der Waals surface area contributed by atoms with E-state index in [0.29, 0.717) is 5.11 Å². The molecular formula is C12H13N3OS. The zero-order valence-electron chi connectivity index (χ0n) is 9.65. The summed E-state index contributed by atoms with van der Waals surface area (Å²) < 4.78 is 5.66. The van der Waals surface area contributed by atoms with Crippen LogP contribution in [0.25, 0.3) is 11.0 Å². The molecule has 0 aliphatic heterocycles. The van der Waals surface area contributed by atoms with Gasteiger partial charge in [-0.05, 0) is 31.3 Å². The van der Waals surface area contributed by atoms with Crippen molar-refractivity contribution in [2.45, 2.75) is 6.92 Å². The highest BCUT2D eigenvalue weighted by Gasteiger charge is 2.05. The minimum Gasteiger partial charge on any atom is -0.455 e. The second-order valence-corrected chi connectivity index (χ2v) is 3.94. The molecule has 0 fully saturated rings. The molecule has 0 radical (unpaired) electrons. The Morgan fingerprint density at radius 2 is 2.12 bits per heavy atom. The summed E-state index contributed by atoms with van der Waals surface area (Å²) in [6, 6.07) is 9.80. The lowest BCUT2D eigenvalue weighted by atomic mass is 10.2. The summed E-state index contributed by atoms with van der Waals surface area (Å²) in [6.45, 7) is 1.86. The highest BCUT2D eigenvalue weighted by molar-refractivity contribution is 7.80. The van der Waals surface area contributed by atoms with Crippen molar-refractivity contribution in [1.82, 2.24) is 10.7 Å². The van der Waals surface area contributed by atoms with Gasteiger partial charge in [-0.25, -0.2) is 0 Å². The van der Waals surface area contributed by atoms with Gasteiger partial charge in [0, 0.05) is 12.4 Å². The van der Waals surface area contributed by atoms with Crippen LogP contribution in [-0.2, 0) is 0 Å². The van der Waals surface area contributed by atoms with Crippen molar-refractivity contribution < 1.29 is 4.42 Å². The van der Waals surface area contributed by atoms with Crippen LogP contribution in [0.5, 0.6) is 0 Å². The summed E-state index contributed by atoms with van der Waals surface area (Å²) in [5.74, 6) is 0.734. The second kappa shape index (κ2) is 4.97. The zero-order chi connectivity index (χ0) is 12.3. The molecule has 0 aliphatic carbocycles. The Morgan fingerprint density at radius 3 is 2.82 bits per heavy atom. The van der Waals surface area contributed by atoms with Gasteiger partial charge < -0.3 is 9.73 Å². The van der Waals surface area contributed by atoms with Crippen molar-refractivity contribution in [2.75, 3.05) is 7.05 Å². The lowest BCUT2D eigenvalue weighted by Crippen LogP contribution is -2.29. The summed E-state index contributed by atoms with van der Waals surface area (Å²) in [5.41, 5.74) is 4.33. The maximum Gasteiger partial charge on any atom is 0.186 e. The summed E-state index contributed by atoms with van der Waals surface area (Å²) in [4.78, 5) is 0. The number of hydrogen-bond acceptors (Lipinski definition) is 3. The number of hydrogen-bond donors (Lipinski definition) is 2. The minimum atomic E-state index is 0.473. The Hall–Kier alpha value is -1.88. The van der Waals surface area contributed by atoms with Crippen LogP contribution >= 0.6 is 12.2 Å². The van der Waals surface area contributed by atoms with Crippen LogP contribution in [0.2, 0.25) is 0 Å². The number of nitrogens with one attached hydrogen (secondary N) is 2. The standard InChI is InChI=1S/C12H13N3OS/c1-8(14-15-12(17)13-2)11-7-9-5-3-4-6-10(9)16-11/h3-7H,1-2H3,(H2,13,15,17)/b14-8+. The zero-order valence-corrected chi connectivity index (χ0v) is 10.5. The molecular weight excluding hydrogens is 234 g/mol. The van der Waals surface area contributed by atoms with Gasteiger partial charge in [-0.1, -0.05) is 18.2 Å². The van der Waals surface area contributed by atoms with Gasteiger partial charge in [-0.2, -0.15) is 5.10 Å². The van der Waals surface area contributed by atoms with E-state index in [0.717, 1.165) is 22.4 Å². The quantitative estimate of drug-likeness (QED) is 0.485. The molecule has 0 bridgehead atoms. The molecule has 0 atom stereocenters. The molecule has 2 N–H and O–H groups in total. The summed E-state index contributed by atoms with van der Waals surface area (Å²) in [7, 11) is 1.74. The minimum absolute atomic E-state index is 0.473. The molecule has 0 saturated heterocycles. The molecule has 0 saturated carbocycles. The number of fused-ring (bicyclic) bond motifs is 1. The second-order valence-electron chi connectivity index (χ2n) is 3.54. The van der Waals surface area contributed by atoms with Gasteiger partial charge in [0.2, 0.25) is 0 Å². The van der Waals surface area contributed by atoms with Crippen molar-refractivity contribution in [1.29, 1.82) is 0 Å². The lowest BCUT2D eigenvalue weighted by Gasteiger charge is -2.01. The normalized spacial score (nSPS) is 11.5. The lowest BCUT2D eigenvalue weighted by molar-refractivity contribution is 0.603. The summed E-state index contributed by atoms with van der Waals surface area (Å²) in [6.07, 6.45) is 0. The van der Waals surface area contributed by atoms with E-state index in [1.165, 1.54) is 0 Å². The molecule has 0 unspecified atom stereocenters. The van der Waals surface area contributed by atoms with E-state index in [4.69, 9.17) is 16.6 Å². The van der Waals surface area contributed by atoms with Crippen molar-refractivity contribution >= 4 is 34.0 Å². The molecule has 0 amide bonds. The van der Waals surface area contributed by atoms with Gasteiger partial charge >= 0.3 is 0 Å². The number of hydrazone groups is 1. The first-order valence-electron chi connectivity index (χ1n) is 5.21. The maximum atomic E-state index is 5.66. The molecule has 88 valence electrons. The Morgan fingerprint density at radius 1 is 1.35 bits per heavy atom. The van der Waals surface area contributed by atoms with Gasteiger partial charge in [0.1, 0.15) is 11.3 Å². The number of rotatable bonds is 2. The first-order valence-corrected chi connectivity index (χ1v) is 5.62. The summed E-state index contributed by atoms with van der Waals surface area (Å²) in [5, 5.41) is 8.45. The fourth-order valence-electron chi connectivity index (χ4n) is 1.41. The Bertz CT molecular complexity index is 541. The third-order valence-electron chi connectivity index (χ3n) is 2.33. The molecule has 2 rings (SSSR count). The predicted molar refractivity (Wildman–Crippen MR) is 73.2 cm³/mol. The van der Waals surface area contributed by atoms with E-state index in [2.05, 4.69) is 15.8 Å². The van der Waals surface area contributed by atoms with Crippen molar-refractivity contribution in [2.24, 2.45) is 5.10 Å². The highest BCUT2D eigenvalue weighted by atomic mass is 32.1. The topological polar surface area (TPSA) is 49.6 Å². The molecule has 0 aliphatic rings.